The summed E-state index contributed by atoms with van der Waals surface area (Å²) < 4.78 is 39.7. The molecule has 1 aromatic rings. The smallest absolute Gasteiger partial charge is 0.369 e. The third kappa shape index (κ3) is 3.03. The highest BCUT2D eigenvalue weighted by Gasteiger charge is 2.39. The van der Waals surface area contributed by atoms with E-state index in [-0.39, 0.29) is 5.54 Å². The van der Waals surface area contributed by atoms with Gasteiger partial charge in [-0.15, -0.1) is 0 Å². The summed E-state index contributed by atoms with van der Waals surface area (Å²) in [5.74, 6) is 0. The van der Waals surface area contributed by atoms with Crippen molar-refractivity contribution in [3.63, 3.8) is 0 Å². The fourth-order valence-electron chi connectivity index (χ4n) is 3.71. The lowest BCUT2D eigenvalue weighted by Crippen LogP contribution is -2.49. The van der Waals surface area contributed by atoms with Gasteiger partial charge in [0.25, 0.3) is 0 Å². The van der Waals surface area contributed by atoms with Gasteiger partial charge in [0.05, 0.1) is 5.56 Å². The third-order valence-electron chi connectivity index (χ3n) is 4.71. The molecule has 1 heterocycles. The summed E-state index contributed by atoms with van der Waals surface area (Å²) in [4.78, 5) is 1.94. The summed E-state index contributed by atoms with van der Waals surface area (Å²) >= 11 is 0. The Bertz CT molecular complexity index is 493. The van der Waals surface area contributed by atoms with Crippen LogP contribution in [0.15, 0.2) is 24.3 Å². The van der Waals surface area contributed by atoms with Gasteiger partial charge in [-0.2, -0.15) is 13.2 Å². The first-order valence-corrected chi connectivity index (χ1v) is 7.66. The van der Waals surface area contributed by atoms with Crippen LogP contribution in [0.5, 0.6) is 0 Å². The summed E-state index contributed by atoms with van der Waals surface area (Å²) in [6, 6.07) is 5.96. The first-order valence-electron chi connectivity index (χ1n) is 7.66. The first kappa shape index (κ1) is 14.7. The molecule has 0 radical (unpaired) electrons. The zero-order valence-corrected chi connectivity index (χ0v) is 12.0. The Morgan fingerprint density at radius 2 is 1.76 bits per heavy atom. The SMILES string of the molecule is FC(F)(F)c1ccccc1N1CCCNC2(CCCC2)C1. The van der Waals surface area contributed by atoms with Crippen molar-refractivity contribution >= 4 is 5.69 Å². The number of nitrogens with zero attached hydrogens (tertiary/aromatic N) is 1. The molecule has 1 saturated carbocycles. The molecule has 2 nitrogen and oxygen atoms in total. The van der Waals surface area contributed by atoms with Crippen LogP contribution in [-0.4, -0.2) is 25.2 Å². The molecule has 0 bridgehead atoms. The van der Waals surface area contributed by atoms with E-state index < -0.39 is 11.7 Å². The maximum atomic E-state index is 13.2. The highest BCUT2D eigenvalue weighted by atomic mass is 19.4. The van der Waals surface area contributed by atoms with Crippen molar-refractivity contribution in [3.8, 4) is 0 Å². The van der Waals surface area contributed by atoms with Crippen LogP contribution in [0.4, 0.5) is 18.9 Å². The molecular formula is C16H21F3N2. The monoisotopic (exact) mass is 298 g/mol. The Labute approximate surface area is 123 Å². The Kier molecular flexibility index (Phi) is 3.86. The van der Waals surface area contributed by atoms with Gasteiger partial charge >= 0.3 is 6.18 Å². The number of hydrogen-bond acceptors (Lipinski definition) is 2. The molecule has 116 valence electrons. The van der Waals surface area contributed by atoms with Crippen LogP contribution in [-0.2, 0) is 6.18 Å². The minimum Gasteiger partial charge on any atom is -0.369 e. The summed E-state index contributed by atoms with van der Waals surface area (Å²) in [6.07, 6.45) is 1.06. The summed E-state index contributed by atoms with van der Waals surface area (Å²) in [5, 5.41) is 3.59. The molecular weight excluding hydrogens is 277 g/mol. The van der Waals surface area contributed by atoms with Crippen LogP contribution in [0.25, 0.3) is 0 Å². The van der Waals surface area contributed by atoms with Gasteiger partial charge in [-0.3, -0.25) is 0 Å². The largest absolute Gasteiger partial charge is 0.418 e. The van der Waals surface area contributed by atoms with Gasteiger partial charge in [0.2, 0.25) is 0 Å². The number of hydrogen-bond donors (Lipinski definition) is 1. The number of halogens is 3. The van der Waals surface area contributed by atoms with E-state index in [1.54, 1.807) is 12.1 Å². The van der Waals surface area contributed by atoms with E-state index in [4.69, 9.17) is 0 Å². The molecule has 21 heavy (non-hydrogen) atoms. The second-order valence-electron chi connectivity index (χ2n) is 6.20. The number of nitrogens with one attached hydrogen (secondary N) is 1. The number of anilines is 1. The van der Waals surface area contributed by atoms with Crippen molar-refractivity contribution < 1.29 is 13.2 Å². The molecule has 1 aliphatic heterocycles. The predicted molar refractivity (Wildman–Crippen MR) is 77.5 cm³/mol. The van der Waals surface area contributed by atoms with Crippen LogP contribution in [0.2, 0.25) is 0 Å². The molecule has 1 saturated heterocycles. The molecule has 1 aliphatic carbocycles. The molecule has 5 heteroatoms. The van der Waals surface area contributed by atoms with Gasteiger partial charge in [0, 0.05) is 24.3 Å². The van der Waals surface area contributed by atoms with E-state index in [2.05, 4.69) is 5.32 Å². The second-order valence-corrected chi connectivity index (χ2v) is 6.20. The average Bonchev–Trinajstić information content (AvgIpc) is 2.79. The highest BCUT2D eigenvalue weighted by molar-refractivity contribution is 5.55. The van der Waals surface area contributed by atoms with Gasteiger partial charge in [-0.25, -0.2) is 0 Å². The fraction of sp³-hybridized carbons (Fsp3) is 0.625. The van der Waals surface area contributed by atoms with Crippen LogP contribution in [0.3, 0.4) is 0 Å². The van der Waals surface area contributed by atoms with E-state index in [9.17, 15) is 13.2 Å². The van der Waals surface area contributed by atoms with Gasteiger partial charge in [0.15, 0.2) is 0 Å². The van der Waals surface area contributed by atoms with Crippen molar-refractivity contribution in [2.24, 2.45) is 0 Å². The number of para-hydroxylation sites is 1. The van der Waals surface area contributed by atoms with Crippen molar-refractivity contribution in [1.82, 2.24) is 5.32 Å². The normalized spacial score (nSPS) is 22.5. The Balaban J connectivity index is 1.92. The van der Waals surface area contributed by atoms with E-state index in [0.29, 0.717) is 18.8 Å². The molecule has 3 rings (SSSR count). The first-order chi connectivity index (χ1) is 10.0. The van der Waals surface area contributed by atoms with E-state index >= 15 is 0 Å². The number of alkyl halides is 3. The molecule has 0 amide bonds. The molecule has 0 aromatic heterocycles. The fourth-order valence-corrected chi connectivity index (χ4v) is 3.71. The molecule has 1 N–H and O–H groups in total. The summed E-state index contributed by atoms with van der Waals surface area (Å²) in [7, 11) is 0. The Morgan fingerprint density at radius 3 is 2.48 bits per heavy atom. The van der Waals surface area contributed by atoms with E-state index in [0.717, 1.165) is 25.8 Å². The quantitative estimate of drug-likeness (QED) is 0.848. The predicted octanol–water partition coefficient (Wildman–Crippen LogP) is 3.82. The van der Waals surface area contributed by atoms with Gasteiger partial charge in [-0.1, -0.05) is 25.0 Å². The van der Waals surface area contributed by atoms with Crippen molar-refractivity contribution in [2.45, 2.75) is 43.8 Å². The van der Waals surface area contributed by atoms with Crippen LogP contribution < -0.4 is 10.2 Å². The number of benzene rings is 1. The van der Waals surface area contributed by atoms with Gasteiger partial charge < -0.3 is 10.2 Å². The molecule has 0 atom stereocenters. The van der Waals surface area contributed by atoms with Crippen molar-refractivity contribution in [2.75, 3.05) is 24.5 Å². The van der Waals surface area contributed by atoms with Crippen LogP contribution in [0, 0.1) is 0 Å². The Morgan fingerprint density at radius 1 is 1.05 bits per heavy atom. The number of rotatable bonds is 1. The topological polar surface area (TPSA) is 15.3 Å². The minimum atomic E-state index is -4.29. The van der Waals surface area contributed by atoms with Crippen molar-refractivity contribution in [1.29, 1.82) is 0 Å². The lowest BCUT2D eigenvalue weighted by Gasteiger charge is -2.35. The lowest BCUT2D eigenvalue weighted by atomic mass is 9.96. The highest BCUT2D eigenvalue weighted by Crippen LogP contribution is 2.39. The van der Waals surface area contributed by atoms with Crippen molar-refractivity contribution in [3.05, 3.63) is 29.8 Å². The zero-order chi connectivity index (χ0) is 14.9. The third-order valence-corrected chi connectivity index (χ3v) is 4.71. The standard InChI is InChI=1S/C16H21F3N2/c17-16(18,19)13-6-1-2-7-14(13)21-11-5-10-20-15(12-21)8-3-4-9-15/h1-2,6-7,20H,3-5,8-12H2. The molecule has 2 fully saturated rings. The summed E-state index contributed by atoms with van der Waals surface area (Å²) in [6.45, 7) is 2.26. The van der Waals surface area contributed by atoms with Gasteiger partial charge in [0.1, 0.15) is 0 Å². The maximum absolute atomic E-state index is 13.2. The van der Waals surface area contributed by atoms with E-state index in [1.165, 1.54) is 25.0 Å². The Hall–Kier alpha value is -1.23. The van der Waals surface area contributed by atoms with E-state index in [1.807, 2.05) is 4.90 Å². The van der Waals surface area contributed by atoms with Crippen LogP contribution in [0.1, 0.15) is 37.7 Å². The molecule has 1 aromatic carbocycles. The molecule has 0 unspecified atom stereocenters. The summed E-state index contributed by atoms with van der Waals surface area (Å²) in [5.41, 5.74) is -0.171. The second kappa shape index (κ2) is 5.52. The van der Waals surface area contributed by atoms with Crippen LogP contribution >= 0.6 is 0 Å². The average molecular weight is 298 g/mol. The maximum Gasteiger partial charge on any atom is 0.418 e. The molecule has 2 aliphatic rings. The lowest BCUT2D eigenvalue weighted by molar-refractivity contribution is -0.137. The zero-order valence-electron chi connectivity index (χ0n) is 12.0. The minimum absolute atomic E-state index is 0.00914. The van der Waals surface area contributed by atoms with Gasteiger partial charge in [-0.05, 0) is 37.9 Å². The molecule has 1 spiro atoms.